The average molecular weight is 370 g/mol. The molecule has 6 heteroatoms. The molecule has 1 aliphatic heterocycles. The second-order valence-electron chi connectivity index (χ2n) is 7.18. The highest BCUT2D eigenvalue weighted by Gasteiger charge is 2.46. The maximum Gasteiger partial charge on any atom is 0.233 e. The van der Waals surface area contributed by atoms with Gasteiger partial charge in [-0.3, -0.25) is 19.3 Å². The Bertz CT molecular complexity index is 745. The van der Waals surface area contributed by atoms with Crippen LogP contribution < -0.4 is 10.1 Å². The first-order chi connectivity index (χ1) is 13.0. The summed E-state index contributed by atoms with van der Waals surface area (Å²) in [5, 5.41) is 2.77. The van der Waals surface area contributed by atoms with Crippen molar-refractivity contribution in [1.82, 2.24) is 10.2 Å². The van der Waals surface area contributed by atoms with Gasteiger partial charge < -0.3 is 10.1 Å². The second kappa shape index (κ2) is 8.37. The number of hydrogen-bond acceptors (Lipinski definition) is 4. The lowest BCUT2D eigenvalue weighted by Crippen LogP contribution is -2.36. The van der Waals surface area contributed by atoms with Gasteiger partial charge in [-0.2, -0.15) is 0 Å². The van der Waals surface area contributed by atoms with Gasteiger partial charge in [-0.1, -0.05) is 18.2 Å². The van der Waals surface area contributed by atoms with E-state index in [-0.39, 0.29) is 42.5 Å². The highest BCUT2D eigenvalue weighted by molar-refractivity contribution is 6.05. The van der Waals surface area contributed by atoms with E-state index in [1.165, 1.54) is 10.5 Å². The molecule has 0 bridgehead atoms. The number of allylic oxidation sites excluding steroid dienone is 2. The Hall–Kier alpha value is -2.63. The summed E-state index contributed by atoms with van der Waals surface area (Å²) in [6.07, 6.45) is 5.27. The smallest absolute Gasteiger partial charge is 0.233 e. The molecule has 6 nitrogen and oxygen atoms in total. The zero-order valence-electron chi connectivity index (χ0n) is 15.9. The predicted octanol–water partition coefficient (Wildman–Crippen LogP) is 2.14. The summed E-state index contributed by atoms with van der Waals surface area (Å²) in [5.74, 6) is -0.168. The zero-order valence-corrected chi connectivity index (χ0v) is 15.9. The van der Waals surface area contributed by atoms with Crippen molar-refractivity contribution in [1.29, 1.82) is 0 Å². The molecule has 1 aliphatic carbocycles. The number of carbonyl (C=O) groups excluding carboxylic acids is 3. The van der Waals surface area contributed by atoms with Crippen LogP contribution in [-0.2, 0) is 14.4 Å². The fraction of sp³-hybridized carbons (Fsp3) is 0.476. The van der Waals surface area contributed by atoms with Gasteiger partial charge in [0, 0.05) is 13.0 Å². The minimum Gasteiger partial charge on any atom is -0.492 e. The molecule has 0 aromatic heterocycles. The Morgan fingerprint density at radius 2 is 1.78 bits per heavy atom. The van der Waals surface area contributed by atoms with Gasteiger partial charge in [0.15, 0.2) is 0 Å². The van der Waals surface area contributed by atoms with Crippen molar-refractivity contribution in [2.45, 2.75) is 33.1 Å². The lowest BCUT2D eigenvalue weighted by molar-refractivity contribution is -0.140. The summed E-state index contributed by atoms with van der Waals surface area (Å²) in [7, 11) is 0. The van der Waals surface area contributed by atoms with Crippen LogP contribution in [0.1, 0.15) is 30.4 Å². The second-order valence-corrected chi connectivity index (χ2v) is 7.18. The van der Waals surface area contributed by atoms with Gasteiger partial charge in [0.05, 0.1) is 18.4 Å². The average Bonchev–Trinajstić information content (AvgIpc) is 2.91. The molecule has 3 rings (SSSR count). The van der Waals surface area contributed by atoms with Crippen LogP contribution in [0.15, 0.2) is 30.4 Å². The van der Waals surface area contributed by atoms with Crippen molar-refractivity contribution in [2.75, 3.05) is 19.7 Å². The lowest BCUT2D eigenvalue weighted by Gasteiger charge is -2.14. The minimum absolute atomic E-state index is 0.119. The summed E-state index contributed by atoms with van der Waals surface area (Å²) in [5.41, 5.74) is 2.37. The first-order valence-corrected chi connectivity index (χ1v) is 9.44. The third-order valence-corrected chi connectivity index (χ3v) is 5.33. The van der Waals surface area contributed by atoms with Gasteiger partial charge in [-0.25, -0.2) is 0 Å². The van der Waals surface area contributed by atoms with E-state index in [0.29, 0.717) is 26.0 Å². The van der Waals surface area contributed by atoms with E-state index in [1.807, 2.05) is 44.2 Å². The van der Waals surface area contributed by atoms with E-state index in [4.69, 9.17) is 4.74 Å². The minimum atomic E-state index is -0.239. The van der Waals surface area contributed by atoms with E-state index >= 15 is 0 Å². The SMILES string of the molecule is Cc1ccc(OCCNC(=O)CCN2C(=O)[C@H]3CC=CC[C@H]3C2=O)cc1C. The third-order valence-electron chi connectivity index (χ3n) is 5.33. The van der Waals surface area contributed by atoms with Crippen molar-refractivity contribution in [3.8, 4) is 5.75 Å². The number of ether oxygens (including phenoxy) is 1. The summed E-state index contributed by atoms with van der Waals surface area (Å²) < 4.78 is 5.63. The standard InChI is InChI=1S/C21H26N2O4/c1-14-7-8-16(13-15(14)2)27-12-10-22-19(24)9-11-23-20(25)17-5-3-4-6-18(17)21(23)26/h3-4,7-8,13,17-18H,5-6,9-12H2,1-2H3,(H,22,24)/t17-,18+. The Morgan fingerprint density at radius 1 is 1.11 bits per heavy atom. The quantitative estimate of drug-likeness (QED) is 0.453. The molecular formula is C21H26N2O4. The number of carbonyl (C=O) groups is 3. The molecular weight excluding hydrogens is 344 g/mol. The molecule has 1 aromatic carbocycles. The van der Waals surface area contributed by atoms with Gasteiger partial charge in [0.1, 0.15) is 12.4 Å². The Kier molecular flexibility index (Phi) is 5.94. The van der Waals surface area contributed by atoms with Crippen LogP contribution in [-0.4, -0.2) is 42.3 Å². The van der Waals surface area contributed by atoms with Gasteiger partial charge in [0.2, 0.25) is 17.7 Å². The molecule has 0 radical (unpaired) electrons. The lowest BCUT2D eigenvalue weighted by atomic mass is 9.85. The number of nitrogens with zero attached hydrogens (tertiary/aromatic N) is 1. The summed E-state index contributed by atoms with van der Waals surface area (Å²) in [4.78, 5) is 38.0. The molecule has 0 spiro atoms. The van der Waals surface area contributed by atoms with E-state index < -0.39 is 0 Å². The molecule has 0 unspecified atom stereocenters. The number of hydrogen-bond donors (Lipinski definition) is 1. The Balaban J connectivity index is 1.38. The van der Waals surface area contributed by atoms with Crippen LogP contribution in [0.2, 0.25) is 0 Å². The topological polar surface area (TPSA) is 75.7 Å². The molecule has 27 heavy (non-hydrogen) atoms. The van der Waals surface area contributed by atoms with E-state index in [0.717, 1.165) is 11.3 Å². The fourth-order valence-electron chi connectivity index (χ4n) is 3.55. The van der Waals surface area contributed by atoms with Crippen molar-refractivity contribution in [2.24, 2.45) is 11.8 Å². The van der Waals surface area contributed by atoms with E-state index in [9.17, 15) is 14.4 Å². The fourth-order valence-corrected chi connectivity index (χ4v) is 3.55. The number of nitrogens with one attached hydrogen (secondary N) is 1. The first kappa shape index (κ1) is 19.1. The molecule has 1 N–H and O–H groups in total. The van der Waals surface area contributed by atoms with Crippen LogP contribution in [0.25, 0.3) is 0 Å². The maximum atomic E-state index is 12.4. The zero-order chi connectivity index (χ0) is 19.4. The molecule has 1 fully saturated rings. The predicted molar refractivity (Wildman–Crippen MR) is 101 cm³/mol. The number of benzene rings is 1. The number of rotatable bonds is 7. The monoisotopic (exact) mass is 370 g/mol. The van der Waals surface area contributed by atoms with Gasteiger partial charge >= 0.3 is 0 Å². The van der Waals surface area contributed by atoms with E-state index in [1.54, 1.807) is 0 Å². The molecule has 0 saturated carbocycles. The van der Waals surface area contributed by atoms with Crippen LogP contribution in [0.4, 0.5) is 0 Å². The first-order valence-electron chi connectivity index (χ1n) is 9.44. The molecule has 1 saturated heterocycles. The molecule has 144 valence electrons. The summed E-state index contributed by atoms with van der Waals surface area (Å²) in [6.45, 7) is 4.96. The van der Waals surface area contributed by atoms with Crippen molar-refractivity contribution in [3.63, 3.8) is 0 Å². The van der Waals surface area contributed by atoms with Crippen molar-refractivity contribution in [3.05, 3.63) is 41.5 Å². The summed E-state index contributed by atoms with van der Waals surface area (Å²) >= 11 is 0. The Labute approximate surface area is 159 Å². The largest absolute Gasteiger partial charge is 0.492 e. The van der Waals surface area contributed by atoms with Crippen LogP contribution in [0, 0.1) is 25.7 Å². The number of likely N-dealkylation sites (tertiary alicyclic amines) is 1. The van der Waals surface area contributed by atoms with Gasteiger partial charge in [0.25, 0.3) is 0 Å². The molecule has 3 amide bonds. The van der Waals surface area contributed by atoms with Crippen molar-refractivity contribution < 1.29 is 19.1 Å². The number of aryl methyl sites for hydroxylation is 2. The van der Waals surface area contributed by atoms with Gasteiger partial charge in [-0.15, -0.1) is 0 Å². The maximum absolute atomic E-state index is 12.4. The normalized spacial score (nSPS) is 21.3. The molecule has 1 heterocycles. The third kappa shape index (κ3) is 4.38. The molecule has 2 atom stereocenters. The molecule has 1 aromatic rings. The van der Waals surface area contributed by atoms with E-state index in [2.05, 4.69) is 5.32 Å². The summed E-state index contributed by atoms with van der Waals surface area (Å²) in [6, 6.07) is 5.87. The number of amides is 3. The van der Waals surface area contributed by atoms with Crippen LogP contribution >= 0.6 is 0 Å². The van der Waals surface area contributed by atoms with Crippen LogP contribution in [0.3, 0.4) is 0 Å². The Morgan fingerprint density at radius 3 is 2.41 bits per heavy atom. The van der Waals surface area contributed by atoms with Crippen LogP contribution in [0.5, 0.6) is 5.75 Å². The number of fused-ring (bicyclic) bond motifs is 1. The molecule has 2 aliphatic rings. The highest BCUT2D eigenvalue weighted by Crippen LogP contribution is 2.34. The van der Waals surface area contributed by atoms with Gasteiger partial charge in [-0.05, 0) is 49.9 Å². The highest BCUT2D eigenvalue weighted by atomic mass is 16.5. The van der Waals surface area contributed by atoms with Crippen molar-refractivity contribution >= 4 is 17.7 Å². The number of imide groups is 1.